The maximum Gasteiger partial charge on any atom is 0.337 e. The summed E-state index contributed by atoms with van der Waals surface area (Å²) in [5, 5.41) is 12.2. The maximum atomic E-state index is 13.0. The van der Waals surface area contributed by atoms with Crippen molar-refractivity contribution in [2.45, 2.75) is 6.92 Å². The Hall–Kier alpha value is -1.63. The highest BCUT2D eigenvalue weighted by atomic mass is 127. The average Bonchev–Trinajstić information content (AvgIpc) is 2.32. The van der Waals surface area contributed by atoms with Crippen molar-refractivity contribution >= 4 is 39.9 Å². The van der Waals surface area contributed by atoms with Gasteiger partial charge in [0.05, 0.1) is 16.9 Å². The van der Waals surface area contributed by atoms with Gasteiger partial charge >= 0.3 is 5.97 Å². The van der Waals surface area contributed by atoms with Crippen molar-refractivity contribution in [3.05, 3.63) is 56.9 Å². The summed E-state index contributed by atoms with van der Waals surface area (Å²) in [6, 6.07) is 9.36. The van der Waals surface area contributed by atoms with Crippen molar-refractivity contribution in [3.8, 4) is 0 Å². The number of rotatable bonds is 3. The highest BCUT2D eigenvalue weighted by Gasteiger charge is 2.11. The molecule has 0 aliphatic carbocycles. The first kappa shape index (κ1) is 13.8. The summed E-state index contributed by atoms with van der Waals surface area (Å²) in [6.45, 7) is 1.88. The normalized spacial score (nSPS) is 10.3. The molecule has 3 nitrogen and oxygen atoms in total. The number of carboxylic acids is 1. The van der Waals surface area contributed by atoms with Gasteiger partial charge in [0, 0.05) is 3.57 Å². The fourth-order valence-corrected chi connectivity index (χ4v) is 2.30. The molecule has 19 heavy (non-hydrogen) atoms. The van der Waals surface area contributed by atoms with Crippen molar-refractivity contribution in [1.82, 2.24) is 0 Å². The van der Waals surface area contributed by atoms with Crippen LogP contribution in [-0.4, -0.2) is 11.1 Å². The van der Waals surface area contributed by atoms with Gasteiger partial charge in [-0.15, -0.1) is 0 Å². The summed E-state index contributed by atoms with van der Waals surface area (Å²) < 4.78 is 13.7. The van der Waals surface area contributed by atoms with E-state index < -0.39 is 5.97 Å². The molecule has 0 aromatic heterocycles. The van der Waals surface area contributed by atoms with E-state index in [1.807, 2.05) is 29.5 Å². The van der Waals surface area contributed by atoms with Crippen molar-refractivity contribution in [2.75, 3.05) is 5.32 Å². The summed E-state index contributed by atoms with van der Waals surface area (Å²) in [4.78, 5) is 11.2. The van der Waals surface area contributed by atoms with Gasteiger partial charge in [-0.3, -0.25) is 0 Å². The van der Waals surface area contributed by atoms with E-state index in [1.165, 1.54) is 12.1 Å². The number of aryl methyl sites for hydroxylation is 1. The van der Waals surface area contributed by atoms with E-state index in [1.54, 1.807) is 24.3 Å². The van der Waals surface area contributed by atoms with Gasteiger partial charge in [-0.2, -0.15) is 0 Å². The predicted octanol–water partition coefficient (Wildman–Crippen LogP) is 4.18. The number of carbonyl (C=O) groups is 1. The molecule has 0 amide bonds. The lowest BCUT2D eigenvalue weighted by Gasteiger charge is -2.12. The second-order valence-electron chi connectivity index (χ2n) is 4.10. The Morgan fingerprint density at radius 3 is 2.58 bits per heavy atom. The molecular weight excluding hydrogens is 360 g/mol. The van der Waals surface area contributed by atoms with Gasteiger partial charge in [0.1, 0.15) is 5.82 Å². The number of nitrogens with one attached hydrogen (secondary N) is 1. The van der Waals surface area contributed by atoms with Crippen LogP contribution in [0.3, 0.4) is 0 Å². The van der Waals surface area contributed by atoms with E-state index in [0.29, 0.717) is 14.9 Å². The predicted molar refractivity (Wildman–Crippen MR) is 80.5 cm³/mol. The van der Waals surface area contributed by atoms with E-state index >= 15 is 0 Å². The van der Waals surface area contributed by atoms with Crippen LogP contribution in [0.25, 0.3) is 0 Å². The van der Waals surface area contributed by atoms with E-state index in [9.17, 15) is 9.18 Å². The Morgan fingerprint density at radius 1 is 1.21 bits per heavy atom. The Bertz CT molecular complexity index is 643. The van der Waals surface area contributed by atoms with Crippen LogP contribution in [0.1, 0.15) is 15.9 Å². The number of hydrogen-bond donors (Lipinski definition) is 2. The number of anilines is 2. The Kier molecular flexibility index (Phi) is 4.04. The lowest BCUT2D eigenvalue weighted by atomic mass is 10.1. The second kappa shape index (κ2) is 5.56. The topological polar surface area (TPSA) is 49.3 Å². The van der Waals surface area contributed by atoms with Crippen LogP contribution in [-0.2, 0) is 0 Å². The first-order valence-electron chi connectivity index (χ1n) is 5.53. The van der Waals surface area contributed by atoms with Gasteiger partial charge in [0.15, 0.2) is 0 Å². The van der Waals surface area contributed by atoms with Crippen LogP contribution in [0.4, 0.5) is 15.8 Å². The van der Waals surface area contributed by atoms with Crippen molar-refractivity contribution in [3.63, 3.8) is 0 Å². The molecule has 2 aromatic rings. The molecule has 2 rings (SSSR count). The van der Waals surface area contributed by atoms with Gasteiger partial charge in [0.25, 0.3) is 0 Å². The van der Waals surface area contributed by atoms with Gasteiger partial charge in [-0.05, 0) is 65.4 Å². The van der Waals surface area contributed by atoms with Crippen molar-refractivity contribution in [2.24, 2.45) is 0 Å². The van der Waals surface area contributed by atoms with Crippen molar-refractivity contribution < 1.29 is 14.3 Å². The van der Waals surface area contributed by atoms with Crippen LogP contribution < -0.4 is 5.32 Å². The average molecular weight is 371 g/mol. The van der Waals surface area contributed by atoms with Crippen LogP contribution in [0.2, 0.25) is 0 Å². The minimum absolute atomic E-state index is 0.186. The largest absolute Gasteiger partial charge is 0.478 e. The number of halogens is 2. The number of benzene rings is 2. The Balaban J connectivity index is 2.42. The Morgan fingerprint density at radius 2 is 1.95 bits per heavy atom. The van der Waals surface area contributed by atoms with Crippen molar-refractivity contribution in [1.29, 1.82) is 0 Å². The zero-order valence-corrected chi connectivity index (χ0v) is 12.2. The molecule has 2 N–H and O–H groups in total. The summed E-state index contributed by atoms with van der Waals surface area (Å²) >= 11 is 2.00. The van der Waals surface area contributed by atoms with E-state index in [0.717, 1.165) is 5.56 Å². The molecule has 0 saturated heterocycles. The summed E-state index contributed by atoms with van der Waals surface area (Å²) in [7, 11) is 0. The van der Waals surface area contributed by atoms with Crippen LogP contribution in [0.15, 0.2) is 36.4 Å². The lowest BCUT2D eigenvalue weighted by molar-refractivity contribution is 0.0698. The lowest BCUT2D eigenvalue weighted by Crippen LogP contribution is -2.04. The minimum atomic E-state index is -1.00. The molecule has 2 aromatic carbocycles. The third-order valence-corrected chi connectivity index (χ3v) is 3.50. The Labute approximate surface area is 123 Å². The molecule has 0 fully saturated rings. The minimum Gasteiger partial charge on any atom is -0.478 e. The molecule has 5 heteroatoms. The molecule has 0 unspecified atom stereocenters. The molecule has 0 heterocycles. The molecular formula is C14H11FINO2. The molecule has 0 spiro atoms. The molecule has 0 aliphatic rings. The van der Waals surface area contributed by atoms with Crippen LogP contribution >= 0.6 is 22.6 Å². The highest BCUT2D eigenvalue weighted by Crippen LogP contribution is 2.26. The molecule has 0 saturated carbocycles. The highest BCUT2D eigenvalue weighted by molar-refractivity contribution is 14.1. The third kappa shape index (κ3) is 3.23. The first-order valence-corrected chi connectivity index (χ1v) is 6.61. The smallest absolute Gasteiger partial charge is 0.337 e. The fourth-order valence-electron chi connectivity index (χ4n) is 1.68. The number of aromatic carboxylic acids is 1. The van der Waals surface area contributed by atoms with Gasteiger partial charge < -0.3 is 10.4 Å². The molecule has 0 radical (unpaired) electrons. The molecule has 0 bridgehead atoms. The van der Waals surface area contributed by atoms with Gasteiger partial charge in [0.2, 0.25) is 0 Å². The quantitative estimate of drug-likeness (QED) is 0.796. The monoisotopic (exact) mass is 371 g/mol. The molecule has 98 valence electrons. The molecule has 0 aliphatic heterocycles. The standard InChI is InChI=1S/C14H11FINO2/c1-8-2-4-10(14(18)19)13(6-8)17-12-5-3-9(15)7-11(12)16/h2-7,17H,1H3,(H,18,19). The number of hydrogen-bond acceptors (Lipinski definition) is 2. The second-order valence-corrected chi connectivity index (χ2v) is 5.27. The fraction of sp³-hybridized carbons (Fsp3) is 0.0714. The van der Waals surface area contributed by atoms with Gasteiger partial charge in [-0.25, -0.2) is 9.18 Å². The number of carboxylic acid groups (broad SMARTS) is 1. The van der Waals surface area contributed by atoms with Gasteiger partial charge in [-0.1, -0.05) is 6.07 Å². The van der Waals surface area contributed by atoms with E-state index in [2.05, 4.69) is 5.32 Å². The van der Waals surface area contributed by atoms with Crippen LogP contribution in [0.5, 0.6) is 0 Å². The first-order chi connectivity index (χ1) is 8.97. The molecule has 0 atom stereocenters. The zero-order valence-electron chi connectivity index (χ0n) is 10.1. The summed E-state index contributed by atoms with van der Waals surface area (Å²) in [5.74, 6) is -1.32. The SMILES string of the molecule is Cc1ccc(C(=O)O)c(Nc2ccc(F)cc2I)c1. The van der Waals surface area contributed by atoms with Crippen LogP contribution in [0, 0.1) is 16.3 Å². The van der Waals surface area contributed by atoms with E-state index in [4.69, 9.17) is 5.11 Å². The third-order valence-electron chi connectivity index (χ3n) is 2.61. The van der Waals surface area contributed by atoms with E-state index in [-0.39, 0.29) is 11.4 Å². The summed E-state index contributed by atoms with van der Waals surface area (Å²) in [5.41, 5.74) is 2.31. The maximum absolute atomic E-state index is 13.0. The summed E-state index contributed by atoms with van der Waals surface area (Å²) in [6.07, 6.45) is 0. The zero-order chi connectivity index (χ0) is 14.0.